The van der Waals surface area contributed by atoms with Gasteiger partial charge in [-0.15, -0.1) is 0 Å². The van der Waals surface area contributed by atoms with E-state index in [1.165, 1.54) is 11.3 Å². The SMILES string of the molecule is CCN(CC)C(=O)C1=C(C)N=c2s/c(=C\c3cc(Br)c(OCc4ccc(C#N)cc4)c(OC)c3)c(=O)n2[C@@H]1c1c(OC)ccc2ccccc12. The number of nitrogens with zero attached hydrogens (tertiary/aromatic N) is 4. The number of amides is 1. The predicted molar refractivity (Wildman–Crippen MR) is 198 cm³/mol. The molecule has 1 aliphatic rings. The molecule has 0 bridgehead atoms. The van der Waals surface area contributed by atoms with Gasteiger partial charge in [-0.3, -0.25) is 14.2 Å². The Morgan fingerprint density at radius 1 is 1.04 bits per heavy atom. The number of allylic oxidation sites excluding steroid dienone is 1. The predicted octanol–water partition coefficient (Wildman–Crippen LogP) is 6.49. The molecular weight excluding hydrogens is 716 g/mol. The van der Waals surface area contributed by atoms with Gasteiger partial charge in [-0.05, 0) is 95.0 Å². The molecule has 1 aliphatic heterocycles. The van der Waals surface area contributed by atoms with E-state index >= 15 is 0 Å². The second-order valence-corrected chi connectivity index (χ2v) is 13.5. The molecule has 0 saturated heterocycles. The molecule has 6 rings (SSSR count). The quantitative estimate of drug-likeness (QED) is 0.162. The van der Waals surface area contributed by atoms with Gasteiger partial charge in [0.05, 0.1) is 46.1 Å². The fourth-order valence-electron chi connectivity index (χ4n) is 6.23. The van der Waals surface area contributed by atoms with Crippen LogP contribution in [0.4, 0.5) is 0 Å². The van der Waals surface area contributed by atoms with Gasteiger partial charge in [0.15, 0.2) is 16.3 Å². The zero-order valence-corrected chi connectivity index (χ0v) is 30.7. The van der Waals surface area contributed by atoms with Crippen molar-refractivity contribution in [3.63, 3.8) is 0 Å². The Balaban J connectivity index is 1.49. The van der Waals surface area contributed by atoms with Crippen molar-refractivity contribution in [2.24, 2.45) is 4.99 Å². The molecule has 4 aromatic carbocycles. The van der Waals surface area contributed by atoms with E-state index in [0.29, 0.717) is 66.5 Å². The first-order valence-electron chi connectivity index (χ1n) is 16.1. The molecule has 50 heavy (non-hydrogen) atoms. The topological polar surface area (TPSA) is 106 Å². The van der Waals surface area contributed by atoms with Crippen LogP contribution in [0.25, 0.3) is 16.8 Å². The van der Waals surface area contributed by atoms with Gasteiger partial charge in [-0.1, -0.05) is 53.8 Å². The van der Waals surface area contributed by atoms with Crippen LogP contribution in [0.1, 0.15) is 49.1 Å². The van der Waals surface area contributed by atoms with Crippen LogP contribution in [0.2, 0.25) is 0 Å². The molecule has 5 aromatic rings. The molecule has 1 amide bonds. The van der Waals surface area contributed by atoms with Gasteiger partial charge in [0.25, 0.3) is 11.5 Å². The molecule has 0 fully saturated rings. The Bertz CT molecular complexity index is 2370. The number of benzene rings is 4. The Morgan fingerprint density at radius 2 is 1.76 bits per heavy atom. The number of hydrogen-bond donors (Lipinski definition) is 0. The smallest absolute Gasteiger partial charge is 0.271 e. The summed E-state index contributed by atoms with van der Waals surface area (Å²) in [5.41, 5.74) is 3.64. The average Bonchev–Trinajstić information content (AvgIpc) is 3.43. The van der Waals surface area contributed by atoms with E-state index in [1.54, 1.807) is 41.9 Å². The van der Waals surface area contributed by atoms with Crippen LogP contribution in [0, 0.1) is 11.3 Å². The number of likely N-dealkylation sites (N-methyl/N-ethyl adjacent to an activating group) is 1. The molecule has 1 aromatic heterocycles. The van der Waals surface area contributed by atoms with Crippen LogP contribution >= 0.6 is 27.3 Å². The van der Waals surface area contributed by atoms with E-state index in [4.69, 9.17) is 24.5 Å². The van der Waals surface area contributed by atoms with Gasteiger partial charge in [-0.25, -0.2) is 4.99 Å². The maximum atomic E-state index is 14.5. The van der Waals surface area contributed by atoms with Crippen molar-refractivity contribution < 1.29 is 19.0 Å². The van der Waals surface area contributed by atoms with E-state index in [9.17, 15) is 9.59 Å². The van der Waals surface area contributed by atoms with Crippen LogP contribution in [0.3, 0.4) is 0 Å². The molecule has 1 atom stereocenters. The van der Waals surface area contributed by atoms with Crippen LogP contribution in [-0.2, 0) is 11.4 Å². The maximum absolute atomic E-state index is 14.5. The summed E-state index contributed by atoms with van der Waals surface area (Å²) in [5, 5.41) is 10.9. The van der Waals surface area contributed by atoms with Gasteiger partial charge in [0.1, 0.15) is 18.4 Å². The number of ether oxygens (including phenoxy) is 3. The number of fused-ring (bicyclic) bond motifs is 2. The van der Waals surface area contributed by atoms with Crippen LogP contribution in [0.15, 0.2) is 98.3 Å². The van der Waals surface area contributed by atoms with Crippen molar-refractivity contribution in [3.8, 4) is 23.3 Å². The molecule has 0 spiro atoms. The van der Waals surface area contributed by atoms with Crippen LogP contribution in [0.5, 0.6) is 17.2 Å². The number of hydrogen-bond acceptors (Lipinski definition) is 8. The average molecular weight is 752 g/mol. The number of rotatable bonds is 10. The van der Waals surface area contributed by atoms with Gasteiger partial charge in [0.2, 0.25) is 0 Å². The van der Waals surface area contributed by atoms with E-state index in [1.807, 2.05) is 81.4 Å². The second kappa shape index (κ2) is 14.7. The summed E-state index contributed by atoms with van der Waals surface area (Å²) in [6, 6.07) is 24.0. The van der Waals surface area contributed by atoms with Crippen molar-refractivity contribution in [1.82, 2.24) is 9.47 Å². The number of carbonyl (C=O) groups excluding carboxylic acids is 1. The third kappa shape index (κ3) is 6.44. The number of aromatic nitrogens is 1. The highest BCUT2D eigenvalue weighted by molar-refractivity contribution is 9.10. The minimum atomic E-state index is -0.776. The zero-order chi connectivity index (χ0) is 35.5. The van der Waals surface area contributed by atoms with E-state index in [-0.39, 0.29) is 18.1 Å². The first-order valence-corrected chi connectivity index (χ1v) is 17.7. The summed E-state index contributed by atoms with van der Waals surface area (Å²) in [4.78, 5) is 35.9. The van der Waals surface area contributed by atoms with Crippen LogP contribution < -0.4 is 29.1 Å². The minimum absolute atomic E-state index is 0.171. The standard InChI is InChI=1S/C39H35BrN4O5S/c1-6-43(7-2)38(46)33-23(3)42-39-44(35(33)34-28-11-9-8-10-27(28)16-17-30(34)47-4)37(45)32(50-39)20-26-18-29(40)36(31(19-26)48-5)49-22-25-14-12-24(21-41)13-15-25/h8-20,35H,6-7,22H2,1-5H3/b32-20-/t35-/m0/s1. The summed E-state index contributed by atoms with van der Waals surface area (Å²) < 4.78 is 20.4. The molecule has 0 unspecified atom stereocenters. The molecule has 0 aliphatic carbocycles. The molecule has 0 saturated carbocycles. The van der Waals surface area contributed by atoms with Gasteiger partial charge < -0.3 is 19.1 Å². The summed E-state index contributed by atoms with van der Waals surface area (Å²) in [7, 11) is 3.16. The Morgan fingerprint density at radius 3 is 2.44 bits per heavy atom. The first-order chi connectivity index (χ1) is 24.2. The monoisotopic (exact) mass is 750 g/mol. The van der Waals surface area contributed by atoms with Gasteiger partial charge in [-0.2, -0.15) is 5.26 Å². The highest BCUT2D eigenvalue weighted by Gasteiger charge is 2.36. The summed E-state index contributed by atoms with van der Waals surface area (Å²) in [5.74, 6) is 1.39. The number of halogens is 1. The fraction of sp³-hybridized carbons (Fsp3) is 0.231. The molecule has 254 valence electrons. The Hall–Kier alpha value is -5.18. The number of carbonyl (C=O) groups is 1. The first kappa shape index (κ1) is 34.7. The van der Waals surface area contributed by atoms with Crippen molar-refractivity contribution in [2.75, 3.05) is 27.3 Å². The second-order valence-electron chi connectivity index (χ2n) is 11.6. The number of thiazole rings is 1. The highest BCUT2D eigenvalue weighted by atomic mass is 79.9. The summed E-state index contributed by atoms with van der Waals surface area (Å²) in [6.45, 7) is 7.01. The van der Waals surface area contributed by atoms with Crippen molar-refractivity contribution >= 4 is 50.0 Å². The fourth-order valence-corrected chi connectivity index (χ4v) is 7.85. The third-order valence-corrected chi connectivity index (χ3v) is 10.3. The Labute approximate surface area is 302 Å². The Kier molecular flexibility index (Phi) is 10.2. The molecule has 11 heteroatoms. The van der Waals surface area contributed by atoms with E-state index in [2.05, 4.69) is 22.0 Å². The van der Waals surface area contributed by atoms with Crippen molar-refractivity contribution in [2.45, 2.75) is 33.4 Å². The molecular formula is C39H35BrN4O5S. The van der Waals surface area contributed by atoms with Gasteiger partial charge >= 0.3 is 0 Å². The summed E-state index contributed by atoms with van der Waals surface area (Å²) in [6.07, 6.45) is 1.80. The highest BCUT2D eigenvalue weighted by Crippen LogP contribution is 2.41. The normalized spacial score (nSPS) is 14.2. The largest absolute Gasteiger partial charge is 0.496 e. The number of methoxy groups -OCH3 is 2. The zero-order valence-electron chi connectivity index (χ0n) is 28.3. The van der Waals surface area contributed by atoms with E-state index < -0.39 is 6.04 Å². The minimum Gasteiger partial charge on any atom is -0.496 e. The van der Waals surface area contributed by atoms with Crippen LogP contribution in [-0.4, -0.2) is 42.7 Å². The van der Waals surface area contributed by atoms with Crippen molar-refractivity contribution in [3.05, 3.63) is 130 Å². The molecule has 2 heterocycles. The number of nitriles is 1. The maximum Gasteiger partial charge on any atom is 0.271 e. The van der Waals surface area contributed by atoms with E-state index in [0.717, 1.165) is 21.9 Å². The summed E-state index contributed by atoms with van der Waals surface area (Å²) >= 11 is 4.90. The molecule has 9 nitrogen and oxygen atoms in total. The molecule has 0 radical (unpaired) electrons. The lowest BCUT2D eigenvalue weighted by Crippen LogP contribution is -2.43. The van der Waals surface area contributed by atoms with Crippen molar-refractivity contribution in [1.29, 1.82) is 5.26 Å². The van der Waals surface area contributed by atoms with Gasteiger partial charge in [0, 0.05) is 18.7 Å². The molecule has 0 N–H and O–H groups in total. The lowest BCUT2D eigenvalue weighted by atomic mass is 9.90. The third-order valence-electron chi connectivity index (χ3n) is 8.74. The lowest BCUT2D eigenvalue weighted by molar-refractivity contribution is -0.127. The lowest BCUT2D eigenvalue weighted by Gasteiger charge is -2.30.